The number of benzene rings is 2. The van der Waals surface area contributed by atoms with Gasteiger partial charge in [0.2, 0.25) is 5.82 Å². The average Bonchev–Trinajstić information content (AvgIpc) is 2.97. The zero-order valence-corrected chi connectivity index (χ0v) is 11.1. The third-order valence-corrected chi connectivity index (χ3v) is 2.94. The maximum absolute atomic E-state index is 13.8. The molecule has 2 aromatic carbocycles. The molecule has 0 saturated heterocycles. The predicted molar refractivity (Wildman–Crippen MR) is 73.3 cm³/mol. The normalized spacial score (nSPS) is 10.6. The van der Waals surface area contributed by atoms with E-state index in [1.165, 1.54) is 12.1 Å². The van der Waals surface area contributed by atoms with Gasteiger partial charge in [0.1, 0.15) is 17.3 Å². The first-order valence-corrected chi connectivity index (χ1v) is 6.14. The van der Waals surface area contributed by atoms with Gasteiger partial charge < -0.3 is 14.4 Å². The number of phenols is 1. The van der Waals surface area contributed by atoms with E-state index >= 15 is 0 Å². The van der Waals surface area contributed by atoms with E-state index in [0.717, 1.165) is 6.07 Å². The van der Waals surface area contributed by atoms with Crippen LogP contribution < -0.4 is 4.74 Å². The molecule has 0 amide bonds. The number of nitrogens with zero attached hydrogens (tertiary/aromatic N) is 2. The first-order valence-electron chi connectivity index (χ1n) is 6.14. The number of hydrogen-bond donors (Lipinski definition) is 1. The van der Waals surface area contributed by atoms with E-state index in [1.54, 1.807) is 31.4 Å². The van der Waals surface area contributed by atoms with E-state index in [2.05, 4.69) is 10.1 Å². The molecule has 1 N–H and O–H groups in total. The Balaban J connectivity index is 1.99. The van der Waals surface area contributed by atoms with Crippen LogP contribution in [-0.2, 0) is 0 Å². The average molecular weight is 286 g/mol. The van der Waals surface area contributed by atoms with E-state index in [0.29, 0.717) is 17.1 Å². The van der Waals surface area contributed by atoms with E-state index in [4.69, 9.17) is 9.26 Å². The van der Waals surface area contributed by atoms with Crippen molar-refractivity contribution in [1.29, 1.82) is 0 Å². The van der Waals surface area contributed by atoms with Gasteiger partial charge >= 0.3 is 0 Å². The van der Waals surface area contributed by atoms with Crippen molar-refractivity contribution < 1.29 is 18.8 Å². The lowest BCUT2D eigenvalue weighted by atomic mass is 10.2. The second-order valence-electron chi connectivity index (χ2n) is 4.32. The Labute approximate surface area is 119 Å². The van der Waals surface area contributed by atoms with Crippen molar-refractivity contribution in [1.82, 2.24) is 10.1 Å². The van der Waals surface area contributed by atoms with Crippen LogP contribution >= 0.6 is 0 Å². The first kappa shape index (κ1) is 13.1. The van der Waals surface area contributed by atoms with Gasteiger partial charge in [0.15, 0.2) is 0 Å². The number of aromatic hydroxyl groups is 1. The summed E-state index contributed by atoms with van der Waals surface area (Å²) in [5.74, 6) is 0.246. The van der Waals surface area contributed by atoms with Crippen molar-refractivity contribution in [2.45, 2.75) is 0 Å². The predicted octanol–water partition coefficient (Wildman–Crippen LogP) is 3.26. The van der Waals surface area contributed by atoms with E-state index in [1.807, 2.05) is 0 Å². The Bertz CT molecular complexity index is 786. The zero-order chi connectivity index (χ0) is 14.8. The highest BCUT2D eigenvalue weighted by Crippen LogP contribution is 2.27. The van der Waals surface area contributed by atoms with Crippen LogP contribution in [0.2, 0.25) is 0 Å². The van der Waals surface area contributed by atoms with Crippen LogP contribution in [0, 0.1) is 5.82 Å². The van der Waals surface area contributed by atoms with Gasteiger partial charge in [-0.05, 0) is 24.3 Å². The minimum Gasteiger partial charge on any atom is -0.508 e. The molecule has 21 heavy (non-hydrogen) atoms. The lowest BCUT2D eigenvalue weighted by Gasteiger charge is -2.00. The Hall–Kier alpha value is -2.89. The molecular formula is C15H11FN2O3. The molecule has 1 aromatic heterocycles. The minimum atomic E-state index is -0.629. The van der Waals surface area contributed by atoms with Crippen molar-refractivity contribution in [2.75, 3.05) is 7.11 Å². The molecule has 3 rings (SSSR count). The summed E-state index contributed by atoms with van der Waals surface area (Å²) in [6.07, 6.45) is 0. The van der Waals surface area contributed by atoms with Crippen molar-refractivity contribution in [3.8, 4) is 34.3 Å². The fourth-order valence-corrected chi connectivity index (χ4v) is 1.89. The summed E-state index contributed by atoms with van der Waals surface area (Å²) < 4.78 is 24.0. The van der Waals surface area contributed by atoms with Gasteiger partial charge in [0, 0.05) is 11.6 Å². The monoisotopic (exact) mass is 286 g/mol. The minimum absolute atomic E-state index is 0.0466. The van der Waals surface area contributed by atoms with E-state index in [-0.39, 0.29) is 17.2 Å². The molecule has 0 spiro atoms. The molecule has 106 valence electrons. The zero-order valence-electron chi connectivity index (χ0n) is 11.1. The number of methoxy groups -OCH3 is 1. The number of phenolic OH excluding ortho intramolecular Hbond substituents is 1. The smallest absolute Gasteiger partial charge is 0.261 e. The van der Waals surface area contributed by atoms with Crippen LogP contribution in [0.3, 0.4) is 0 Å². The second-order valence-corrected chi connectivity index (χ2v) is 4.32. The van der Waals surface area contributed by atoms with Gasteiger partial charge in [-0.1, -0.05) is 17.3 Å². The molecule has 0 aliphatic rings. The highest BCUT2D eigenvalue weighted by atomic mass is 19.1. The highest BCUT2D eigenvalue weighted by molar-refractivity contribution is 5.61. The lowest BCUT2D eigenvalue weighted by molar-refractivity contribution is 0.414. The molecule has 0 bridgehead atoms. The third-order valence-electron chi connectivity index (χ3n) is 2.94. The van der Waals surface area contributed by atoms with Crippen molar-refractivity contribution in [3.05, 3.63) is 48.3 Å². The van der Waals surface area contributed by atoms with Gasteiger partial charge in [0.25, 0.3) is 5.89 Å². The summed E-state index contributed by atoms with van der Waals surface area (Å²) in [5.41, 5.74) is 0.831. The molecule has 0 atom stereocenters. The van der Waals surface area contributed by atoms with Crippen LogP contribution in [0.25, 0.3) is 22.8 Å². The molecule has 5 nitrogen and oxygen atoms in total. The first-order chi connectivity index (χ1) is 10.2. The largest absolute Gasteiger partial charge is 0.508 e. The second kappa shape index (κ2) is 5.24. The van der Waals surface area contributed by atoms with Crippen LogP contribution in [0.15, 0.2) is 47.0 Å². The molecule has 0 fully saturated rings. The van der Waals surface area contributed by atoms with Crippen LogP contribution in [0.5, 0.6) is 11.5 Å². The van der Waals surface area contributed by atoms with Crippen molar-refractivity contribution in [2.24, 2.45) is 0 Å². The molecule has 0 saturated carbocycles. The SMILES string of the molecule is COc1cccc(-c2noc(-c3ccc(O)cc3F)n2)c1. The summed E-state index contributed by atoms with van der Waals surface area (Å²) in [4.78, 5) is 4.16. The summed E-state index contributed by atoms with van der Waals surface area (Å²) >= 11 is 0. The van der Waals surface area contributed by atoms with Gasteiger partial charge in [0.05, 0.1) is 12.7 Å². The molecule has 0 radical (unpaired) electrons. The van der Waals surface area contributed by atoms with E-state index in [9.17, 15) is 9.50 Å². The third kappa shape index (κ3) is 2.55. The van der Waals surface area contributed by atoms with Gasteiger partial charge in [-0.3, -0.25) is 0 Å². The van der Waals surface area contributed by atoms with Crippen molar-refractivity contribution in [3.63, 3.8) is 0 Å². The molecule has 1 heterocycles. The highest BCUT2D eigenvalue weighted by Gasteiger charge is 2.15. The van der Waals surface area contributed by atoms with Gasteiger partial charge in [-0.15, -0.1) is 0 Å². The van der Waals surface area contributed by atoms with E-state index < -0.39 is 5.82 Å². The number of halogens is 1. The van der Waals surface area contributed by atoms with Crippen LogP contribution in [-0.4, -0.2) is 22.4 Å². The summed E-state index contributed by atoms with van der Waals surface area (Å²) in [6.45, 7) is 0. The molecular weight excluding hydrogens is 275 g/mol. The van der Waals surface area contributed by atoms with Gasteiger partial charge in [-0.25, -0.2) is 4.39 Å². The maximum atomic E-state index is 13.8. The summed E-state index contributed by atoms with van der Waals surface area (Å²) in [7, 11) is 1.56. The maximum Gasteiger partial charge on any atom is 0.261 e. The number of hydrogen-bond acceptors (Lipinski definition) is 5. The lowest BCUT2D eigenvalue weighted by Crippen LogP contribution is -1.86. The quantitative estimate of drug-likeness (QED) is 0.800. The van der Waals surface area contributed by atoms with Crippen LogP contribution in [0.4, 0.5) is 4.39 Å². The fourth-order valence-electron chi connectivity index (χ4n) is 1.89. The Morgan fingerprint density at radius 2 is 2.05 bits per heavy atom. The molecule has 3 aromatic rings. The Morgan fingerprint density at radius 3 is 2.81 bits per heavy atom. The fraction of sp³-hybridized carbons (Fsp3) is 0.0667. The Kier molecular flexibility index (Phi) is 3.27. The molecule has 0 aliphatic heterocycles. The standard InChI is InChI=1S/C15H11FN2O3/c1-20-11-4-2-3-9(7-11)14-17-15(21-18-14)12-6-5-10(19)8-13(12)16/h2-8,19H,1H3. The summed E-state index contributed by atoms with van der Waals surface area (Å²) in [5, 5.41) is 13.0. The molecule has 0 unspecified atom stereocenters. The number of rotatable bonds is 3. The number of aromatic nitrogens is 2. The Morgan fingerprint density at radius 1 is 1.19 bits per heavy atom. The van der Waals surface area contributed by atoms with Crippen LogP contribution in [0.1, 0.15) is 0 Å². The topological polar surface area (TPSA) is 68.4 Å². The molecule has 0 aliphatic carbocycles. The number of ether oxygens (including phenoxy) is 1. The van der Waals surface area contributed by atoms with Crippen molar-refractivity contribution >= 4 is 0 Å². The molecule has 6 heteroatoms. The summed E-state index contributed by atoms with van der Waals surface area (Å²) in [6, 6.07) is 10.9. The van der Waals surface area contributed by atoms with Gasteiger partial charge in [-0.2, -0.15) is 4.98 Å².